The van der Waals surface area contributed by atoms with E-state index in [2.05, 4.69) is 0 Å². The van der Waals surface area contributed by atoms with Gasteiger partial charge < -0.3 is 14.7 Å². The Hall–Kier alpha value is -2.18. The van der Waals surface area contributed by atoms with Crippen molar-refractivity contribution in [3.8, 4) is 5.75 Å². The second kappa shape index (κ2) is 5.67. The van der Waals surface area contributed by atoms with Gasteiger partial charge in [-0.1, -0.05) is 0 Å². The number of carboxylic acid groups (broad SMARTS) is 1. The molecule has 1 fully saturated rings. The van der Waals surface area contributed by atoms with Crippen molar-refractivity contribution >= 4 is 11.9 Å². The molecule has 21 heavy (non-hydrogen) atoms. The first kappa shape index (κ1) is 15.2. The zero-order valence-electron chi connectivity index (χ0n) is 11.4. The van der Waals surface area contributed by atoms with Gasteiger partial charge in [-0.15, -0.1) is 0 Å². The number of benzene rings is 1. The van der Waals surface area contributed by atoms with Crippen LogP contribution in [0.5, 0.6) is 5.75 Å². The molecule has 5 nitrogen and oxygen atoms in total. The van der Waals surface area contributed by atoms with Gasteiger partial charge in [0.05, 0.1) is 0 Å². The van der Waals surface area contributed by atoms with Crippen molar-refractivity contribution in [1.29, 1.82) is 0 Å². The van der Waals surface area contributed by atoms with E-state index in [0.29, 0.717) is 25.5 Å². The van der Waals surface area contributed by atoms with Gasteiger partial charge in [0.25, 0.3) is 5.91 Å². The number of rotatable bonds is 4. The Morgan fingerprint density at radius 2 is 2.14 bits per heavy atom. The summed E-state index contributed by atoms with van der Waals surface area (Å²) < 4.78 is 31.1. The lowest BCUT2D eigenvalue weighted by Crippen LogP contribution is -2.52. The van der Waals surface area contributed by atoms with E-state index in [4.69, 9.17) is 4.74 Å². The van der Waals surface area contributed by atoms with Gasteiger partial charge in [-0.05, 0) is 31.9 Å². The van der Waals surface area contributed by atoms with E-state index in [-0.39, 0.29) is 5.75 Å². The van der Waals surface area contributed by atoms with Gasteiger partial charge in [-0.3, -0.25) is 4.79 Å². The number of halogens is 2. The van der Waals surface area contributed by atoms with E-state index < -0.39 is 35.7 Å². The summed E-state index contributed by atoms with van der Waals surface area (Å²) in [4.78, 5) is 24.5. The highest BCUT2D eigenvalue weighted by atomic mass is 19.1. The van der Waals surface area contributed by atoms with Crippen molar-refractivity contribution in [2.75, 3.05) is 13.2 Å². The van der Waals surface area contributed by atoms with Gasteiger partial charge in [0.15, 0.2) is 18.2 Å². The second-order valence-corrected chi connectivity index (χ2v) is 5.09. The van der Waals surface area contributed by atoms with Crippen molar-refractivity contribution < 1.29 is 28.2 Å². The smallest absolute Gasteiger partial charge is 0.329 e. The number of likely N-dealkylation sites (tertiary alicyclic amines) is 1. The number of carboxylic acids is 1. The lowest BCUT2D eigenvalue weighted by Gasteiger charge is -2.31. The standard InChI is InChI=1S/C14H15F2NO4/c1-14(13(19)20)5-2-6-17(14)12(18)8-21-11-4-3-9(15)7-10(11)16/h3-4,7H,2,5-6,8H2,1H3,(H,19,20). The average molecular weight is 299 g/mol. The fourth-order valence-corrected chi connectivity index (χ4v) is 2.40. The molecule has 0 saturated carbocycles. The zero-order valence-corrected chi connectivity index (χ0v) is 11.4. The van der Waals surface area contributed by atoms with Gasteiger partial charge in [-0.25, -0.2) is 13.6 Å². The summed E-state index contributed by atoms with van der Waals surface area (Å²) in [6.45, 7) is 1.29. The molecule has 114 valence electrons. The van der Waals surface area contributed by atoms with Crippen LogP contribution in [-0.2, 0) is 9.59 Å². The van der Waals surface area contributed by atoms with Crippen molar-refractivity contribution in [3.05, 3.63) is 29.8 Å². The van der Waals surface area contributed by atoms with Crippen LogP contribution in [0.1, 0.15) is 19.8 Å². The van der Waals surface area contributed by atoms with Gasteiger partial charge in [0.1, 0.15) is 11.4 Å². The van der Waals surface area contributed by atoms with Crippen LogP contribution in [0.25, 0.3) is 0 Å². The van der Waals surface area contributed by atoms with E-state index >= 15 is 0 Å². The fourth-order valence-electron chi connectivity index (χ4n) is 2.40. The van der Waals surface area contributed by atoms with Gasteiger partial charge in [0.2, 0.25) is 0 Å². The zero-order chi connectivity index (χ0) is 15.6. The molecule has 1 N–H and O–H groups in total. The van der Waals surface area contributed by atoms with Crippen LogP contribution in [0.4, 0.5) is 8.78 Å². The molecule has 1 saturated heterocycles. The van der Waals surface area contributed by atoms with E-state index in [9.17, 15) is 23.5 Å². The molecule has 0 radical (unpaired) electrons. The van der Waals surface area contributed by atoms with E-state index in [1.54, 1.807) is 0 Å². The highest BCUT2D eigenvalue weighted by molar-refractivity contribution is 5.88. The number of carbonyl (C=O) groups excluding carboxylic acids is 1. The molecule has 1 amide bonds. The molecule has 1 aliphatic rings. The number of hydrogen-bond donors (Lipinski definition) is 1. The van der Waals surface area contributed by atoms with E-state index in [1.807, 2.05) is 0 Å². The highest BCUT2D eigenvalue weighted by Crippen LogP contribution is 2.29. The molecule has 1 unspecified atom stereocenters. The summed E-state index contributed by atoms with van der Waals surface area (Å²) in [5.41, 5.74) is -1.26. The molecule has 0 aliphatic carbocycles. The third-order valence-electron chi connectivity index (χ3n) is 3.65. The molecule has 0 aromatic heterocycles. The third-order valence-corrected chi connectivity index (χ3v) is 3.65. The van der Waals surface area contributed by atoms with Crippen LogP contribution in [0.15, 0.2) is 18.2 Å². The molecule has 1 aromatic carbocycles. The molecule has 1 atom stereocenters. The maximum atomic E-state index is 13.4. The fraction of sp³-hybridized carbons (Fsp3) is 0.429. The largest absolute Gasteiger partial charge is 0.481 e. The summed E-state index contributed by atoms with van der Waals surface area (Å²) in [6.07, 6.45) is 0.943. The number of hydrogen-bond acceptors (Lipinski definition) is 3. The Morgan fingerprint density at radius 1 is 1.43 bits per heavy atom. The third kappa shape index (κ3) is 2.96. The predicted octanol–water partition coefficient (Wildman–Crippen LogP) is 1.81. The average Bonchev–Trinajstić information content (AvgIpc) is 2.81. The molecule has 7 heteroatoms. The van der Waals surface area contributed by atoms with Crippen molar-refractivity contribution in [1.82, 2.24) is 4.90 Å². The summed E-state index contributed by atoms with van der Waals surface area (Å²) in [6, 6.07) is 2.75. The predicted molar refractivity (Wildman–Crippen MR) is 68.8 cm³/mol. The molecular weight excluding hydrogens is 284 g/mol. The Kier molecular flexibility index (Phi) is 4.11. The lowest BCUT2D eigenvalue weighted by molar-refractivity contribution is -0.156. The minimum atomic E-state index is -1.26. The number of aliphatic carboxylic acids is 1. The van der Waals surface area contributed by atoms with Crippen LogP contribution < -0.4 is 4.74 Å². The van der Waals surface area contributed by atoms with Crippen LogP contribution >= 0.6 is 0 Å². The van der Waals surface area contributed by atoms with Crippen molar-refractivity contribution in [3.63, 3.8) is 0 Å². The lowest BCUT2D eigenvalue weighted by atomic mass is 9.99. The quantitative estimate of drug-likeness (QED) is 0.920. The SMILES string of the molecule is CC1(C(=O)O)CCCN1C(=O)COc1ccc(F)cc1F. The van der Waals surface area contributed by atoms with Gasteiger partial charge in [-0.2, -0.15) is 0 Å². The molecular formula is C14H15F2NO4. The Morgan fingerprint density at radius 3 is 2.76 bits per heavy atom. The maximum absolute atomic E-state index is 13.4. The highest BCUT2D eigenvalue weighted by Gasteiger charge is 2.45. The Bertz CT molecular complexity index is 578. The number of carbonyl (C=O) groups is 2. The van der Waals surface area contributed by atoms with Crippen LogP contribution in [-0.4, -0.2) is 40.6 Å². The van der Waals surface area contributed by atoms with Gasteiger partial charge in [0, 0.05) is 12.6 Å². The summed E-state index contributed by atoms with van der Waals surface area (Å²) in [7, 11) is 0. The first-order chi connectivity index (χ1) is 9.84. The van der Waals surface area contributed by atoms with Crippen molar-refractivity contribution in [2.45, 2.75) is 25.3 Å². The van der Waals surface area contributed by atoms with Crippen LogP contribution in [0.2, 0.25) is 0 Å². The maximum Gasteiger partial charge on any atom is 0.329 e. The summed E-state index contributed by atoms with van der Waals surface area (Å²) in [5.74, 6) is -3.53. The topological polar surface area (TPSA) is 66.8 Å². The first-order valence-electron chi connectivity index (χ1n) is 6.46. The summed E-state index contributed by atoms with van der Waals surface area (Å²) >= 11 is 0. The molecule has 0 spiro atoms. The normalized spacial score (nSPS) is 21.4. The van der Waals surface area contributed by atoms with Gasteiger partial charge >= 0.3 is 5.97 Å². The summed E-state index contributed by atoms with van der Waals surface area (Å²) in [5, 5.41) is 9.22. The molecule has 1 aliphatic heterocycles. The Balaban J connectivity index is 2.03. The first-order valence-corrected chi connectivity index (χ1v) is 6.46. The Labute approximate surface area is 120 Å². The minimum absolute atomic E-state index is 0.249. The van der Waals surface area contributed by atoms with E-state index in [1.165, 1.54) is 11.8 Å². The number of ether oxygens (including phenoxy) is 1. The molecule has 1 aromatic rings. The molecule has 0 bridgehead atoms. The van der Waals surface area contributed by atoms with Crippen LogP contribution in [0, 0.1) is 11.6 Å². The second-order valence-electron chi connectivity index (χ2n) is 5.09. The monoisotopic (exact) mass is 299 g/mol. The number of amides is 1. The minimum Gasteiger partial charge on any atom is -0.481 e. The van der Waals surface area contributed by atoms with E-state index in [0.717, 1.165) is 12.1 Å². The molecule has 1 heterocycles. The number of nitrogens with zero attached hydrogens (tertiary/aromatic N) is 1. The van der Waals surface area contributed by atoms with Crippen LogP contribution in [0.3, 0.4) is 0 Å². The van der Waals surface area contributed by atoms with Crippen molar-refractivity contribution in [2.24, 2.45) is 0 Å². The molecule has 2 rings (SSSR count).